The number of anilines is 1. The number of carbonyl (C=O) groups excluding carboxylic acids is 1. The van der Waals surface area contributed by atoms with E-state index >= 15 is 0 Å². The van der Waals surface area contributed by atoms with Crippen LogP contribution in [0.5, 0.6) is 0 Å². The largest absolute Gasteiger partial charge is 0.352 e. The number of rotatable bonds is 2. The average Bonchev–Trinajstić information content (AvgIpc) is 2.66. The van der Waals surface area contributed by atoms with Crippen LogP contribution < -0.4 is 16.0 Å². The summed E-state index contributed by atoms with van der Waals surface area (Å²) in [6, 6.07) is 9.60. The smallest absolute Gasteiger partial charge is 0.313 e. The Labute approximate surface area is 89.1 Å². The molecule has 1 unspecified atom stereocenters. The van der Waals surface area contributed by atoms with E-state index in [1.54, 1.807) is 0 Å². The zero-order chi connectivity index (χ0) is 10.7. The molecule has 1 aliphatic rings. The zero-order valence-electron chi connectivity index (χ0n) is 8.52. The van der Waals surface area contributed by atoms with Crippen molar-refractivity contribution >= 4 is 11.7 Å². The number of urea groups is 1. The molecule has 1 atom stereocenters. The molecule has 0 saturated carbocycles. The molecular weight excluding hydrogens is 190 g/mol. The highest BCUT2D eigenvalue weighted by Gasteiger charge is 2.25. The highest BCUT2D eigenvalue weighted by molar-refractivity contribution is 5.72. The molecule has 1 heterocycles. The van der Waals surface area contributed by atoms with Crippen LogP contribution in [0.2, 0.25) is 0 Å². The van der Waals surface area contributed by atoms with E-state index in [9.17, 15) is 4.79 Å². The van der Waals surface area contributed by atoms with E-state index in [1.165, 1.54) is 0 Å². The van der Waals surface area contributed by atoms with Crippen LogP contribution in [-0.2, 0) is 0 Å². The molecule has 2 rings (SSSR count). The number of benzene rings is 1. The minimum atomic E-state index is -0.456. The van der Waals surface area contributed by atoms with Crippen LogP contribution in [0.3, 0.4) is 0 Å². The maximum Gasteiger partial charge on any atom is 0.313 e. The summed E-state index contributed by atoms with van der Waals surface area (Å²) in [7, 11) is 0. The molecule has 2 amide bonds. The SMILES string of the molecule is NC(=O)NC1CCCN1c1ccccc1. The van der Waals surface area contributed by atoms with Crippen molar-refractivity contribution < 1.29 is 4.79 Å². The van der Waals surface area contributed by atoms with E-state index in [0.29, 0.717) is 0 Å². The van der Waals surface area contributed by atoms with Crippen LogP contribution in [0, 0.1) is 0 Å². The molecule has 3 N–H and O–H groups in total. The van der Waals surface area contributed by atoms with Crippen molar-refractivity contribution in [2.24, 2.45) is 5.73 Å². The minimum absolute atomic E-state index is 0.0462. The Bertz CT molecular complexity index is 339. The Hall–Kier alpha value is -1.71. The number of para-hydroxylation sites is 1. The number of carbonyl (C=O) groups is 1. The standard InChI is InChI=1S/C11H15N3O/c12-11(15)13-10-7-4-8-14(10)9-5-2-1-3-6-9/h1-3,5-6,10H,4,7-8H2,(H3,12,13,15). The highest BCUT2D eigenvalue weighted by atomic mass is 16.2. The van der Waals surface area contributed by atoms with Gasteiger partial charge in [-0.15, -0.1) is 0 Å². The summed E-state index contributed by atoms with van der Waals surface area (Å²) >= 11 is 0. The number of hydrogen-bond donors (Lipinski definition) is 2. The van der Waals surface area contributed by atoms with Crippen LogP contribution in [-0.4, -0.2) is 18.7 Å². The Morgan fingerprint density at radius 3 is 2.80 bits per heavy atom. The van der Waals surface area contributed by atoms with Crippen molar-refractivity contribution in [1.29, 1.82) is 0 Å². The molecule has 1 saturated heterocycles. The lowest BCUT2D eigenvalue weighted by Crippen LogP contribution is -2.46. The fraction of sp³-hybridized carbons (Fsp3) is 0.364. The first-order chi connectivity index (χ1) is 7.27. The second-order valence-electron chi connectivity index (χ2n) is 3.70. The first kappa shape index (κ1) is 9.83. The summed E-state index contributed by atoms with van der Waals surface area (Å²) in [6.07, 6.45) is 2.09. The lowest BCUT2D eigenvalue weighted by molar-refractivity contribution is 0.245. The molecule has 1 aliphatic heterocycles. The fourth-order valence-electron chi connectivity index (χ4n) is 2.01. The molecule has 80 valence electrons. The molecule has 0 aliphatic carbocycles. The third-order valence-corrected chi connectivity index (χ3v) is 2.65. The van der Waals surface area contributed by atoms with Crippen LogP contribution in [0.25, 0.3) is 0 Å². The predicted octanol–water partition coefficient (Wildman–Crippen LogP) is 1.28. The first-order valence-corrected chi connectivity index (χ1v) is 5.15. The fourth-order valence-corrected chi connectivity index (χ4v) is 2.01. The number of nitrogens with two attached hydrogens (primary N) is 1. The van der Waals surface area contributed by atoms with Gasteiger partial charge in [0, 0.05) is 12.2 Å². The Morgan fingerprint density at radius 2 is 2.13 bits per heavy atom. The minimum Gasteiger partial charge on any atom is -0.352 e. The number of nitrogens with zero attached hydrogens (tertiary/aromatic N) is 1. The molecule has 15 heavy (non-hydrogen) atoms. The van der Waals surface area contributed by atoms with Crippen LogP contribution in [0.4, 0.5) is 10.5 Å². The van der Waals surface area contributed by atoms with E-state index in [1.807, 2.05) is 30.3 Å². The average molecular weight is 205 g/mol. The lowest BCUT2D eigenvalue weighted by atomic mass is 10.3. The van der Waals surface area contributed by atoms with Gasteiger partial charge in [-0.25, -0.2) is 4.79 Å². The summed E-state index contributed by atoms with van der Waals surface area (Å²) < 4.78 is 0. The van der Waals surface area contributed by atoms with Gasteiger partial charge in [0.15, 0.2) is 0 Å². The second kappa shape index (κ2) is 4.21. The van der Waals surface area contributed by atoms with E-state index < -0.39 is 6.03 Å². The number of hydrogen-bond acceptors (Lipinski definition) is 2. The number of amides is 2. The lowest BCUT2D eigenvalue weighted by Gasteiger charge is -2.26. The van der Waals surface area contributed by atoms with Crippen molar-refractivity contribution in [3.05, 3.63) is 30.3 Å². The summed E-state index contributed by atoms with van der Waals surface area (Å²) in [5.74, 6) is 0. The first-order valence-electron chi connectivity index (χ1n) is 5.15. The summed E-state index contributed by atoms with van der Waals surface area (Å²) in [5, 5.41) is 2.76. The van der Waals surface area contributed by atoms with Crippen LogP contribution >= 0.6 is 0 Å². The number of primary amides is 1. The van der Waals surface area contributed by atoms with Gasteiger partial charge in [-0.1, -0.05) is 18.2 Å². The third kappa shape index (κ3) is 2.21. The van der Waals surface area contributed by atoms with Crippen molar-refractivity contribution in [3.63, 3.8) is 0 Å². The molecule has 0 bridgehead atoms. The Morgan fingerprint density at radius 1 is 1.40 bits per heavy atom. The summed E-state index contributed by atoms with van der Waals surface area (Å²) in [6.45, 7) is 0.967. The van der Waals surface area contributed by atoms with Gasteiger partial charge in [-0.3, -0.25) is 0 Å². The van der Waals surface area contributed by atoms with Crippen LogP contribution in [0.1, 0.15) is 12.8 Å². The van der Waals surface area contributed by atoms with Crippen molar-refractivity contribution in [2.45, 2.75) is 19.0 Å². The molecule has 1 aromatic rings. The molecule has 0 radical (unpaired) electrons. The molecule has 4 nitrogen and oxygen atoms in total. The zero-order valence-corrected chi connectivity index (χ0v) is 8.52. The van der Waals surface area contributed by atoms with Gasteiger partial charge in [-0.05, 0) is 25.0 Å². The number of nitrogens with one attached hydrogen (secondary N) is 1. The van der Waals surface area contributed by atoms with Gasteiger partial charge in [0.25, 0.3) is 0 Å². The molecule has 0 spiro atoms. The second-order valence-corrected chi connectivity index (χ2v) is 3.70. The summed E-state index contributed by atoms with van der Waals surface area (Å²) in [5.41, 5.74) is 6.27. The molecule has 1 fully saturated rings. The Balaban J connectivity index is 2.11. The van der Waals surface area contributed by atoms with Gasteiger partial charge in [-0.2, -0.15) is 0 Å². The maximum absolute atomic E-state index is 10.8. The van der Waals surface area contributed by atoms with Crippen LogP contribution in [0.15, 0.2) is 30.3 Å². The third-order valence-electron chi connectivity index (χ3n) is 2.65. The van der Waals surface area contributed by atoms with Gasteiger partial charge < -0.3 is 16.0 Å². The summed E-state index contributed by atoms with van der Waals surface area (Å²) in [4.78, 5) is 13.0. The van der Waals surface area contributed by atoms with E-state index in [0.717, 1.165) is 25.1 Å². The maximum atomic E-state index is 10.8. The molecule has 1 aromatic carbocycles. The van der Waals surface area contributed by atoms with Crippen molar-refractivity contribution in [2.75, 3.05) is 11.4 Å². The normalized spacial score (nSPS) is 20.3. The monoisotopic (exact) mass is 205 g/mol. The predicted molar refractivity (Wildman–Crippen MR) is 59.5 cm³/mol. The molecule has 0 aromatic heterocycles. The molecular formula is C11H15N3O. The van der Waals surface area contributed by atoms with E-state index in [-0.39, 0.29) is 6.17 Å². The van der Waals surface area contributed by atoms with Gasteiger partial charge in [0.05, 0.1) is 0 Å². The molecule has 4 heteroatoms. The van der Waals surface area contributed by atoms with Gasteiger partial charge >= 0.3 is 6.03 Å². The van der Waals surface area contributed by atoms with E-state index in [2.05, 4.69) is 10.2 Å². The van der Waals surface area contributed by atoms with Crippen molar-refractivity contribution in [3.8, 4) is 0 Å². The Kier molecular flexibility index (Phi) is 2.76. The quantitative estimate of drug-likeness (QED) is 0.764. The van der Waals surface area contributed by atoms with Gasteiger partial charge in [0.1, 0.15) is 6.17 Å². The van der Waals surface area contributed by atoms with Crippen molar-refractivity contribution in [1.82, 2.24) is 5.32 Å². The topological polar surface area (TPSA) is 58.4 Å². The highest BCUT2D eigenvalue weighted by Crippen LogP contribution is 2.23. The van der Waals surface area contributed by atoms with Gasteiger partial charge in [0.2, 0.25) is 0 Å². The van der Waals surface area contributed by atoms with E-state index in [4.69, 9.17) is 5.73 Å².